The van der Waals surface area contributed by atoms with Gasteiger partial charge in [-0.2, -0.15) is 0 Å². The third kappa shape index (κ3) is 3.15. The molecule has 1 heteroatoms. The predicted molar refractivity (Wildman–Crippen MR) is 54.7 cm³/mol. The summed E-state index contributed by atoms with van der Waals surface area (Å²) in [5.74, 6) is 0.767. The molecule has 11 heavy (non-hydrogen) atoms. The first-order chi connectivity index (χ1) is 4.70. The average molecular weight is 169 g/mol. The van der Waals surface area contributed by atoms with E-state index in [0.717, 1.165) is 5.92 Å². The van der Waals surface area contributed by atoms with E-state index >= 15 is 0 Å². The smallest absolute Gasteiger partial charge is 0.0171 e. The molecule has 1 atom stereocenters. The van der Waals surface area contributed by atoms with Crippen LogP contribution in [0, 0.1) is 5.92 Å². The molecule has 0 heterocycles. The highest BCUT2D eigenvalue weighted by Crippen LogP contribution is 2.27. The van der Waals surface area contributed by atoms with Crippen LogP contribution >= 0.6 is 0 Å². The van der Waals surface area contributed by atoms with Crippen molar-refractivity contribution < 1.29 is 0 Å². The molecule has 0 spiro atoms. The SMILES string of the molecule is C=C(C)C1CC=C(C)CC1.[SH-]. The molecular formula is C10H17S-. The van der Waals surface area contributed by atoms with Crippen LogP contribution < -0.4 is 0 Å². The molecular weight excluding hydrogens is 152 g/mol. The molecule has 0 radical (unpaired) electrons. The van der Waals surface area contributed by atoms with Gasteiger partial charge in [0, 0.05) is 0 Å². The van der Waals surface area contributed by atoms with Crippen molar-refractivity contribution in [2.45, 2.75) is 33.1 Å². The summed E-state index contributed by atoms with van der Waals surface area (Å²) in [4.78, 5) is 0. The summed E-state index contributed by atoms with van der Waals surface area (Å²) in [5, 5.41) is 0. The van der Waals surface area contributed by atoms with Crippen molar-refractivity contribution in [3.8, 4) is 0 Å². The van der Waals surface area contributed by atoms with Crippen LogP contribution in [0.2, 0.25) is 0 Å². The Balaban J connectivity index is 0.000001000. The fraction of sp³-hybridized carbons (Fsp3) is 0.600. The largest absolute Gasteiger partial charge is 0.813 e. The minimum atomic E-state index is 0. The zero-order valence-electron chi connectivity index (χ0n) is 7.43. The number of thiol groups is 1. The van der Waals surface area contributed by atoms with Crippen LogP contribution in [0.5, 0.6) is 0 Å². The van der Waals surface area contributed by atoms with E-state index in [2.05, 4.69) is 26.5 Å². The molecule has 1 rings (SSSR count). The van der Waals surface area contributed by atoms with Gasteiger partial charge in [-0.15, -0.1) is 0 Å². The fourth-order valence-electron chi connectivity index (χ4n) is 1.41. The van der Waals surface area contributed by atoms with Gasteiger partial charge in [0.15, 0.2) is 0 Å². The van der Waals surface area contributed by atoms with Crippen LogP contribution in [0.4, 0.5) is 0 Å². The third-order valence-electron chi connectivity index (χ3n) is 2.33. The maximum absolute atomic E-state index is 3.97. The Labute approximate surface area is 76.8 Å². The molecule has 0 aliphatic heterocycles. The second-order valence-electron chi connectivity index (χ2n) is 3.37. The van der Waals surface area contributed by atoms with Gasteiger partial charge in [0.25, 0.3) is 0 Å². The van der Waals surface area contributed by atoms with E-state index in [1.165, 1.54) is 24.8 Å². The maximum atomic E-state index is 3.97. The summed E-state index contributed by atoms with van der Waals surface area (Å²) in [5.41, 5.74) is 2.90. The molecule has 0 fully saturated rings. The fourth-order valence-corrected chi connectivity index (χ4v) is 1.41. The van der Waals surface area contributed by atoms with Gasteiger partial charge in [0.1, 0.15) is 0 Å². The lowest BCUT2D eigenvalue weighted by Crippen LogP contribution is -2.04. The second-order valence-corrected chi connectivity index (χ2v) is 3.37. The molecule has 0 aromatic carbocycles. The Morgan fingerprint density at radius 1 is 1.64 bits per heavy atom. The van der Waals surface area contributed by atoms with E-state index in [1.54, 1.807) is 5.57 Å². The van der Waals surface area contributed by atoms with E-state index in [1.807, 2.05) is 0 Å². The van der Waals surface area contributed by atoms with Crippen molar-refractivity contribution >= 4 is 13.5 Å². The highest BCUT2D eigenvalue weighted by atomic mass is 32.1. The Hall–Kier alpha value is -0.170. The Bertz CT molecular complexity index is 168. The molecule has 1 aliphatic rings. The average Bonchev–Trinajstić information content (AvgIpc) is 1.88. The minimum Gasteiger partial charge on any atom is -0.813 e. The summed E-state index contributed by atoms with van der Waals surface area (Å²) < 4.78 is 0. The van der Waals surface area contributed by atoms with Crippen LogP contribution in [0.1, 0.15) is 33.1 Å². The van der Waals surface area contributed by atoms with E-state index in [0.29, 0.717) is 0 Å². The van der Waals surface area contributed by atoms with E-state index < -0.39 is 0 Å². The lowest BCUT2D eigenvalue weighted by molar-refractivity contribution is 0.540. The number of rotatable bonds is 1. The molecule has 0 saturated heterocycles. The summed E-state index contributed by atoms with van der Waals surface area (Å²) in [6, 6.07) is 0. The summed E-state index contributed by atoms with van der Waals surface area (Å²) in [7, 11) is 0. The highest BCUT2D eigenvalue weighted by Gasteiger charge is 2.11. The van der Waals surface area contributed by atoms with Crippen molar-refractivity contribution in [2.24, 2.45) is 5.92 Å². The summed E-state index contributed by atoms with van der Waals surface area (Å²) in [6.45, 7) is 8.33. The van der Waals surface area contributed by atoms with E-state index in [-0.39, 0.29) is 13.5 Å². The van der Waals surface area contributed by atoms with Gasteiger partial charge >= 0.3 is 0 Å². The molecule has 64 valence electrons. The molecule has 0 nitrogen and oxygen atoms in total. The van der Waals surface area contributed by atoms with Crippen LogP contribution in [0.25, 0.3) is 0 Å². The maximum Gasteiger partial charge on any atom is -0.0171 e. The third-order valence-corrected chi connectivity index (χ3v) is 2.33. The molecule has 0 amide bonds. The van der Waals surface area contributed by atoms with Gasteiger partial charge in [-0.3, -0.25) is 0 Å². The Morgan fingerprint density at radius 2 is 2.27 bits per heavy atom. The first-order valence-electron chi connectivity index (χ1n) is 4.01. The molecule has 1 unspecified atom stereocenters. The predicted octanol–water partition coefficient (Wildman–Crippen LogP) is 3.04. The van der Waals surface area contributed by atoms with Gasteiger partial charge in [-0.05, 0) is 39.0 Å². The zero-order chi connectivity index (χ0) is 7.56. The van der Waals surface area contributed by atoms with Gasteiger partial charge in [-0.1, -0.05) is 23.8 Å². The molecule has 0 aromatic heterocycles. The minimum absolute atomic E-state index is 0. The quantitative estimate of drug-likeness (QED) is 0.330. The van der Waals surface area contributed by atoms with Crippen molar-refractivity contribution in [3.63, 3.8) is 0 Å². The molecule has 1 aliphatic carbocycles. The lowest BCUT2D eigenvalue weighted by Gasteiger charge is -2.19. The standard InChI is InChI=1S/C10H16.H2S/c1-8(2)10-6-4-9(3)5-7-10;/h4,10H,1,5-7H2,2-3H3;1H2/p-1. The first-order valence-corrected chi connectivity index (χ1v) is 4.01. The molecule has 0 bridgehead atoms. The Morgan fingerprint density at radius 3 is 2.64 bits per heavy atom. The number of hydrogen-bond donors (Lipinski definition) is 0. The lowest BCUT2D eigenvalue weighted by atomic mass is 9.86. The van der Waals surface area contributed by atoms with Crippen LogP contribution in [-0.4, -0.2) is 0 Å². The van der Waals surface area contributed by atoms with E-state index in [9.17, 15) is 0 Å². The molecule has 0 aromatic rings. The van der Waals surface area contributed by atoms with Crippen molar-refractivity contribution in [1.29, 1.82) is 0 Å². The zero-order valence-corrected chi connectivity index (χ0v) is 8.32. The van der Waals surface area contributed by atoms with Gasteiger partial charge in [0.05, 0.1) is 0 Å². The number of allylic oxidation sites excluding steroid dienone is 3. The van der Waals surface area contributed by atoms with Gasteiger partial charge < -0.3 is 13.5 Å². The first kappa shape index (κ1) is 10.8. The highest BCUT2D eigenvalue weighted by molar-refractivity contribution is 7.37. The van der Waals surface area contributed by atoms with Crippen molar-refractivity contribution in [1.82, 2.24) is 0 Å². The van der Waals surface area contributed by atoms with Crippen molar-refractivity contribution in [3.05, 3.63) is 23.8 Å². The molecule has 0 saturated carbocycles. The van der Waals surface area contributed by atoms with Gasteiger partial charge in [-0.25, -0.2) is 0 Å². The normalized spacial score (nSPS) is 23.5. The van der Waals surface area contributed by atoms with Gasteiger partial charge in [0.2, 0.25) is 0 Å². The van der Waals surface area contributed by atoms with Crippen LogP contribution in [-0.2, 0) is 13.5 Å². The van der Waals surface area contributed by atoms with Crippen LogP contribution in [0.15, 0.2) is 23.8 Å². The van der Waals surface area contributed by atoms with E-state index in [4.69, 9.17) is 0 Å². The topological polar surface area (TPSA) is 0 Å². The second kappa shape index (κ2) is 4.66. The number of hydrogen-bond acceptors (Lipinski definition) is 1. The van der Waals surface area contributed by atoms with Crippen molar-refractivity contribution in [2.75, 3.05) is 0 Å². The summed E-state index contributed by atoms with van der Waals surface area (Å²) in [6.07, 6.45) is 6.17. The monoisotopic (exact) mass is 169 g/mol. The summed E-state index contributed by atoms with van der Waals surface area (Å²) >= 11 is 0. The van der Waals surface area contributed by atoms with Crippen LogP contribution in [0.3, 0.4) is 0 Å². The Kier molecular flexibility index (Phi) is 4.58. The molecule has 0 N–H and O–H groups in total.